The summed E-state index contributed by atoms with van der Waals surface area (Å²) < 4.78 is 1.83. The molecule has 0 N–H and O–H groups in total. The minimum atomic E-state index is 0.0329. The van der Waals surface area contributed by atoms with Crippen molar-refractivity contribution in [3.63, 3.8) is 0 Å². The lowest BCUT2D eigenvalue weighted by Gasteiger charge is -2.09. The van der Waals surface area contributed by atoms with Crippen molar-refractivity contribution in [2.75, 3.05) is 0 Å². The molecule has 0 saturated heterocycles. The highest BCUT2D eigenvalue weighted by Gasteiger charge is 2.16. The van der Waals surface area contributed by atoms with Crippen LogP contribution in [-0.4, -0.2) is 5.78 Å². The van der Waals surface area contributed by atoms with Gasteiger partial charge in [0.1, 0.15) is 0 Å². The fourth-order valence-corrected chi connectivity index (χ4v) is 3.56. The molecule has 3 rings (SSSR count). The van der Waals surface area contributed by atoms with Crippen molar-refractivity contribution in [2.24, 2.45) is 0 Å². The number of hydrogen-bond donors (Lipinski definition) is 0. The van der Waals surface area contributed by atoms with Crippen LogP contribution in [0.15, 0.2) is 63.5 Å². The van der Waals surface area contributed by atoms with Crippen LogP contribution < -0.4 is 0 Å². The maximum Gasteiger partial charge on any atom is 0.194 e. The summed E-state index contributed by atoms with van der Waals surface area (Å²) in [5.41, 5.74) is 2.53. The fourth-order valence-electron chi connectivity index (χ4n) is 2.41. The van der Waals surface area contributed by atoms with Crippen LogP contribution in [0.3, 0.4) is 0 Å². The smallest absolute Gasteiger partial charge is 0.194 e. The topological polar surface area (TPSA) is 17.1 Å². The fraction of sp³-hybridized carbons (Fsp3) is 0.0556. The number of carbonyl (C=O) groups is 1. The number of ketones is 1. The third-order valence-electron chi connectivity index (χ3n) is 3.48. The molecular formula is C18H12Br2O. The predicted molar refractivity (Wildman–Crippen MR) is 94.0 cm³/mol. The Morgan fingerprint density at radius 2 is 1.48 bits per heavy atom. The molecule has 0 aliphatic heterocycles. The molecule has 3 aromatic rings. The number of fused-ring (bicyclic) bond motifs is 1. The van der Waals surface area contributed by atoms with E-state index in [1.165, 1.54) is 0 Å². The normalized spacial score (nSPS) is 10.8. The Bertz CT molecular complexity index is 853. The first-order valence-corrected chi connectivity index (χ1v) is 8.14. The summed E-state index contributed by atoms with van der Waals surface area (Å²) in [5, 5.41) is 2.01. The Balaban J connectivity index is 2.21. The van der Waals surface area contributed by atoms with E-state index in [1.54, 1.807) is 0 Å². The second-order valence-corrected chi connectivity index (χ2v) is 6.66. The van der Waals surface area contributed by atoms with Crippen molar-refractivity contribution in [1.29, 1.82) is 0 Å². The number of halogens is 2. The minimum absolute atomic E-state index is 0.0329. The molecule has 0 amide bonds. The zero-order chi connectivity index (χ0) is 15.0. The maximum absolute atomic E-state index is 12.9. The number of hydrogen-bond acceptors (Lipinski definition) is 1. The minimum Gasteiger partial charge on any atom is -0.289 e. The van der Waals surface area contributed by atoms with Crippen LogP contribution in [-0.2, 0) is 0 Å². The SMILES string of the molecule is Cc1ccc(C(=O)c2ccc(Br)c3ccccc23)c(Br)c1. The van der Waals surface area contributed by atoms with E-state index < -0.39 is 0 Å². The van der Waals surface area contributed by atoms with E-state index in [0.717, 1.165) is 30.8 Å². The highest BCUT2D eigenvalue weighted by molar-refractivity contribution is 9.11. The monoisotopic (exact) mass is 402 g/mol. The van der Waals surface area contributed by atoms with Gasteiger partial charge >= 0.3 is 0 Å². The van der Waals surface area contributed by atoms with Gasteiger partial charge in [-0.15, -0.1) is 0 Å². The molecule has 0 aromatic heterocycles. The molecule has 1 nitrogen and oxygen atoms in total. The van der Waals surface area contributed by atoms with Gasteiger partial charge in [-0.25, -0.2) is 0 Å². The predicted octanol–water partition coefficient (Wildman–Crippen LogP) is 5.90. The number of carbonyl (C=O) groups excluding carboxylic acids is 1. The summed E-state index contributed by atoms with van der Waals surface area (Å²) in [6.07, 6.45) is 0. The van der Waals surface area contributed by atoms with E-state index in [9.17, 15) is 4.79 Å². The van der Waals surface area contributed by atoms with Gasteiger partial charge < -0.3 is 0 Å². The van der Waals surface area contributed by atoms with Crippen LogP contribution >= 0.6 is 31.9 Å². The molecule has 0 unspecified atom stereocenters. The zero-order valence-electron chi connectivity index (χ0n) is 11.4. The van der Waals surface area contributed by atoms with Gasteiger partial charge in [-0.05, 0) is 47.5 Å². The van der Waals surface area contributed by atoms with Crippen LogP contribution in [0.2, 0.25) is 0 Å². The Labute approximate surface area is 140 Å². The number of aryl methyl sites for hydroxylation is 1. The summed E-state index contributed by atoms with van der Waals surface area (Å²) in [6, 6.07) is 17.5. The van der Waals surface area contributed by atoms with Crippen LogP contribution in [0.1, 0.15) is 21.5 Å². The molecule has 0 aliphatic carbocycles. The molecule has 0 radical (unpaired) electrons. The van der Waals surface area contributed by atoms with Crippen molar-refractivity contribution in [1.82, 2.24) is 0 Å². The van der Waals surface area contributed by atoms with Crippen molar-refractivity contribution < 1.29 is 4.79 Å². The van der Waals surface area contributed by atoms with E-state index in [4.69, 9.17) is 0 Å². The number of benzene rings is 3. The summed E-state index contributed by atoms with van der Waals surface area (Å²) in [4.78, 5) is 12.9. The van der Waals surface area contributed by atoms with Gasteiger partial charge in [-0.1, -0.05) is 62.2 Å². The van der Waals surface area contributed by atoms with Gasteiger partial charge in [0.05, 0.1) is 0 Å². The van der Waals surface area contributed by atoms with Gasteiger partial charge in [-0.2, -0.15) is 0 Å². The average Bonchev–Trinajstić information content (AvgIpc) is 2.47. The van der Waals surface area contributed by atoms with Crippen molar-refractivity contribution >= 4 is 48.4 Å². The first-order chi connectivity index (χ1) is 10.1. The van der Waals surface area contributed by atoms with Crippen LogP contribution in [0, 0.1) is 6.92 Å². The molecule has 0 spiro atoms. The third-order valence-corrected chi connectivity index (χ3v) is 4.83. The summed E-state index contributed by atoms with van der Waals surface area (Å²) in [5.74, 6) is 0.0329. The quantitative estimate of drug-likeness (QED) is 0.486. The molecule has 104 valence electrons. The Hall–Kier alpha value is -1.45. The van der Waals surface area contributed by atoms with E-state index in [2.05, 4.69) is 31.9 Å². The number of rotatable bonds is 2. The molecule has 0 saturated carbocycles. The lowest BCUT2D eigenvalue weighted by Crippen LogP contribution is -2.03. The van der Waals surface area contributed by atoms with Crippen molar-refractivity contribution in [3.8, 4) is 0 Å². The Morgan fingerprint density at radius 1 is 0.810 bits per heavy atom. The molecular weight excluding hydrogens is 392 g/mol. The van der Waals surface area contributed by atoms with E-state index in [0.29, 0.717) is 5.56 Å². The van der Waals surface area contributed by atoms with E-state index >= 15 is 0 Å². The lowest BCUT2D eigenvalue weighted by atomic mass is 9.97. The highest BCUT2D eigenvalue weighted by Crippen LogP contribution is 2.30. The summed E-state index contributed by atoms with van der Waals surface area (Å²) in [6.45, 7) is 2.01. The van der Waals surface area contributed by atoms with Gasteiger partial charge in [0.15, 0.2) is 5.78 Å². The maximum atomic E-state index is 12.9. The van der Waals surface area contributed by atoms with Gasteiger partial charge in [0.2, 0.25) is 0 Å². The van der Waals surface area contributed by atoms with Crippen molar-refractivity contribution in [2.45, 2.75) is 6.92 Å². The van der Waals surface area contributed by atoms with Crippen molar-refractivity contribution in [3.05, 3.63) is 80.2 Å². The van der Waals surface area contributed by atoms with Gasteiger partial charge in [-0.3, -0.25) is 4.79 Å². The largest absolute Gasteiger partial charge is 0.289 e. The first kappa shape index (κ1) is 14.5. The molecule has 0 atom stereocenters. The molecule has 0 fully saturated rings. The Kier molecular flexibility index (Phi) is 3.96. The van der Waals surface area contributed by atoms with Gasteiger partial charge in [0, 0.05) is 20.1 Å². The first-order valence-electron chi connectivity index (χ1n) is 6.56. The Morgan fingerprint density at radius 3 is 2.19 bits per heavy atom. The molecule has 3 heteroatoms. The zero-order valence-corrected chi connectivity index (χ0v) is 14.5. The highest BCUT2D eigenvalue weighted by atomic mass is 79.9. The molecule has 3 aromatic carbocycles. The summed E-state index contributed by atoms with van der Waals surface area (Å²) >= 11 is 7.03. The average molecular weight is 404 g/mol. The molecule has 0 aliphatic rings. The summed E-state index contributed by atoms with van der Waals surface area (Å²) in [7, 11) is 0. The second kappa shape index (κ2) is 5.74. The van der Waals surface area contributed by atoms with E-state index in [1.807, 2.05) is 61.5 Å². The second-order valence-electron chi connectivity index (χ2n) is 4.95. The van der Waals surface area contributed by atoms with Crippen LogP contribution in [0.4, 0.5) is 0 Å². The molecule has 0 bridgehead atoms. The molecule has 0 heterocycles. The van der Waals surface area contributed by atoms with Crippen LogP contribution in [0.25, 0.3) is 10.8 Å². The molecule has 21 heavy (non-hydrogen) atoms. The standard InChI is InChI=1S/C18H12Br2O/c1-11-6-7-15(17(20)10-11)18(21)14-8-9-16(19)13-5-3-2-4-12(13)14/h2-10H,1H3. The van der Waals surface area contributed by atoms with Gasteiger partial charge in [0.25, 0.3) is 0 Å². The lowest BCUT2D eigenvalue weighted by molar-refractivity contribution is 0.103. The third kappa shape index (κ3) is 2.68. The van der Waals surface area contributed by atoms with E-state index in [-0.39, 0.29) is 5.78 Å². The van der Waals surface area contributed by atoms with Crippen LogP contribution in [0.5, 0.6) is 0 Å².